The molecule has 0 aromatic carbocycles. The first kappa shape index (κ1) is 5.56. The summed E-state index contributed by atoms with van der Waals surface area (Å²) < 4.78 is 0. The molecule has 0 radical (unpaired) electrons. The maximum absolute atomic E-state index is 2.91. The lowest BCUT2D eigenvalue weighted by atomic mass is 10.1. The first-order valence-electron chi connectivity index (χ1n) is 3.06. The molecule has 0 aromatic rings. The van der Waals surface area contributed by atoms with Crippen LogP contribution in [-0.4, -0.2) is 5.66 Å². The van der Waals surface area contributed by atoms with Crippen LogP contribution in [0.1, 0.15) is 26.2 Å². The minimum Gasteiger partial charge on any atom is -0.134 e. The fourth-order valence-electron chi connectivity index (χ4n) is 1.17. The smallest absolute Gasteiger partial charge is 0.0238 e. The molecule has 0 nitrogen and oxygen atoms in total. The Morgan fingerprint density at radius 3 is 2.29 bits per heavy atom. The van der Waals surface area contributed by atoms with Gasteiger partial charge in [-0.05, 0) is 18.0 Å². The van der Waals surface area contributed by atoms with Crippen molar-refractivity contribution in [2.75, 3.05) is 0 Å². The Hall–Kier alpha value is 0.430. The van der Waals surface area contributed by atoms with Crippen molar-refractivity contribution in [1.29, 1.82) is 0 Å². The summed E-state index contributed by atoms with van der Waals surface area (Å²) in [5.74, 6) is 0.977. The highest BCUT2D eigenvalue weighted by Gasteiger charge is 2.17. The average molecular weight is 116 g/mol. The molecule has 1 fully saturated rings. The van der Waals surface area contributed by atoms with Gasteiger partial charge in [0.05, 0.1) is 0 Å². The average Bonchev–Trinajstić information content (AvgIpc) is 1.91. The zero-order valence-electron chi connectivity index (χ0n) is 4.85. The summed E-state index contributed by atoms with van der Waals surface area (Å²) >= 11 is 0. The van der Waals surface area contributed by atoms with Gasteiger partial charge in [-0.15, -0.1) is 9.24 Å². The Kier molecular flexibility index (Phi) is 1.69. The van der Waals surface area contributed by atoms with Crippen LogP contribution in [0, 0.1) is 5.92 Å². The lowest BCUT2D eigenvalue weighted by molar-refractivity contribution is 0.624. The van der Waals surface area contributed by atoms with Crippen molar-refractivity contribution >= 4 is 9.24 Å². The summed E-state index contributed by atoms with van der Waals surface area (Å²) in [6.45, 7) is 2.34. The van der Waals surface area contributed by atoms with Crippen LogP contribution in [0.25, 0.3) is 0 Å². The second kappa shape index (κ2) is 2.13. The Balaban J connectivity index is 2.33. The first-order valence-corrected chi connectivity index (χ1v) is 3.73. The van der Waals surface area contributed by atoms with Crippen LogP contribution in [0.4, 0.5) is 0 Å². The largest absolute Gasteiger partial charge is 0.134 e. The highest BCUT2D eigenvalue weighted by molar-refractivity contribution is 7.17. The predicted octanol–water partition coefficient (Wildman–Crippen LogP) is 2.05. The summed E-state index contributed by atoms with van der Waals surface area (Å²) in [7, 11) is 2.91. The Morgan fingerprint density at radius 2 is 2.14 bits per heavy atom. The molecule has 0 amide bonds. The van der Waals surface area contributed by atoms with E-state index in [2.05, 4.69) is 16.2 Å². The third-order valence-electron chi connectivity index (χ3n) is 1.93. The van der Waals surface area contributed by atoms with Crippen molar-refractivity contribution in [3.8, 4) is 0 Å². The number of hydrogen-bond acceptors (Lipinski definition) is 0. The summed E-state index contributed by atoms with van der Waals surface area (Å²) in [4.78, 5) is 0. The summed E-state index contributed by atoms with van der Waals surface area (Å²) in [5.41, 5.74) is 0.931. The number of rotatable bonds is 0. The van der Waals surface area contributed by atoms with Gasteiger partial charge >= 0.3 is 0 Å². The van der Waals surface area contributed by atoms with Crippen molar-refractivity contribution in [2.24, 2.45) is 5.92 Å². The molecule has 1 aliphatic rings. The van der Waals surface area contributed by atoms with E-state index in [1.54, 1.807) is 0 Å². The molecular weight excluding hydrogens is 103 g/mol. The molecule has 1 aliphatic carbocycles. The van der Waals surface area contributed by atoms with Crippen LogP contribution in [0.15, 0.2) is 0 Å². The maximum atomic E-state index is 2.91. The Labute approximate surface area is 47.9 Å². The molecule has 3 atom stereocenters. The van der Waals surface area contributed by atoms with E-state index in [0.29, 0.717) is 0 Å². The third-order valence-corrected chi connectivity index (χ3v) is 2.92. The van der Waals surface area contributed by atoms with Crippen LogP contribution in [-0.2, 0) is 0 Å². The molecule has 0 spiro atoms. The molecule has 0 N–H and O–H groups in total. The lowest BCUT2D eigenvalue weighted by Crippen LogP contribution is -1.98. The SMILES string of the molecule is CC1CCCC1P. The fourth-order valence-corrected chi connectivity index (χ4v) is 1.60. The van der Waals surface area contributed by atoms with Gasteiger partial charge in [0.15, 0.2) is 0 Å². The second-order valence-electron chi connectivity index (χ2n) is 2.57. The Bertz CT molecular complexity index is 53.2. The summed E-state index contributed by atoms with van der Waals surface area (Å²) in [6.07, 6.45) is 4.34. The van der Waals surface area contributed by atoms with Gasteiger partial charge in [0.25, 0.3) is 0 Å². The Morgan fingerprint density at radius 1 is 1.43 bits per heavy atom. The highest BCUT2D eigenvalue weighted by atomic mass is 31.0. The quantitative estimate of drug-likeness (QED) is 0.425. The monoisotopic (exact) mass is 116 g/mol. The maximum Gasteiger partial charge on any atom is -0.0238 e. The van der Waals surface area contributed by atoms with Gasteiger partial charge in [-0.1, -0.05) is 19.8 Å². The molecule has 0 bridgehead atoms. The van der Waals surface area contributed by atoms with Crippen LogP contribution in [0.3, 0.4) is 0 Å². The standard InChI is InChI=1S/C6H13P/c1-5-3-2-4-6(5)7/h5-6H,2-4,7H2,1H3. The molecular formula is C6H13P. The molecule has 7 heavy (non-hydrogen) atoms. The molecule has 3 unspecified atom stereocenters. The van der Waals surface area contributed by atoms with Gasteiger partial charge in [-0.2, -0.15) is 0 Å². The molecule has 1 saturated carbocycles. The van der Waals surface area contributed by atoms with E-state index in [9.17, 15) is 0 Å². The van der Waals surface area contributed by atoms with Crippen molar-refractivity contribution in [2.45, 2.75) is 31.8 Å². The molecule has 0 heterocycles. The van der Waals surface area contributed by atoms with Gasteiger partial charge in [0, 0.05) is 0 Å². The van der Waals surface area contributed by atoms with Crippen molar-refractivity contribution in [3.05, 3.63) is 0 Å². The minimum atomic E-state index is 0.931. The van der Waals surface area contributed by atoms with Crippen molar-refractivity contribution in [1.82, 2.24) is 0 Å². The van der Waals surface area contributed by atoms with Crippen LogP contribution >= 0.6 is 9.24 Å². The van der Waals surface area contributed by atoms with Crippen LogP contribution in [0.5, 0.6) is 0 Å². The minimum absolute atomic E-state index is 0.931. The van der Waals surface area contributed by atoms with Crippen LogP contribution in [0.2, 0.25) is 0 Å². The molecule has 0 aliphatic heterocycles. The molecule has 0 aromatic heterocycles. The van der Waals surface area contributed by atoms with E-state index in [4.69, 9.17) is 0 Å². The summed E-state index contributed by atoms with van der Waals surface area (Å²) in [5, 5.41) is 0. The molecule has 42 valence electrons. The van der Waals surface area contributed by atoms with E-state index in [1.807, 2.05) is 0 Å². The zero-order chi connectivity index (χ0) is 5.28. The van der Waals surface area contributed by atoms with Gasteiger partial charge in [0.2, 0.25) is 0 Å². The van der Waals surface area contributed by atoms with Gasteiger partial charge < -0.3 is 0 Å². The molecule has 1 rings (SSSR count). The third kappa shape index (κ3) is 1.16. The van der Waals surface area contributed by atoms with E-state index in [1.165, 1.54) is 19.3 Å². The topological polar surface area (TPSA) is 0 Å². The van der Waals surface area contributed by atoms with Crippen molar-refractivity contribution < 1.29 is 0 Å². The van der Waals surface area contributed by atoms with Gasteiger partial charge in [-0.25, -0.2) is 0 Å². The molecule has 1 heteroatoms. The summed E-state index contributed by atoms with van der Waals surface area (Å²) in [6, 6.07) is 0. The second-order valence-corrected chi connectivity index (χ2v) is 3.43. The first-order chi connectivity index (χ1) is 3.30. The van der Waals surface area contributed by atoms with E-state index in [-0.39, 0.29) is 0 Å². The van der Waals surface area contributed by atoms with E-state index < -0.39 is 0 Å². The van der Waals surface area contributed by atoms with Gasteiger partial charge in [0.1, 0.15) is 0 Å². The van der Waals surface area contributed by atoms with Gasteiger partial charge in [-0.3, -0.25) is 0 Å². The predicted molar refractivity (Wildman–Crippen MR) is 36.5 cm³/mol. The normalized spacial score (nSPS) is 42.0. The fraction of sp³-hybridized carbons (Fsp3) is 1.00. The van der Waals surface area contributed by atoms with E-state index >= 15 is 0 Å². The van der Waals surface area contributed by atoms with E-state index in [0.717, 1.165) is 11.6 Å². The van der Waals surface area contributed by atoms with Crippen LogP contribution < -0.4 is 0 Å². The lowest BCUT2D eigenvalue weighted by Gasteiger charge is -2.04. The number of hydrogen-bond donors (Lipinski definition) is 0. The van der Waals surface area contributed by atoms with Crippen molar-refractivity contribution in [3.63, 3.8) is 0 Å². The highest BCUT2D eigenvalue weighted by Crippen LogP contribution is 2.30. The molecule has 0 saturated heterocycles. The zero-order valence-corrected chi connectivity index (χ0v) is 6.01.